The number of likely N-dealkylation sites (N-methyl/N-ethyl adjacent to an activating group) is 1. The average molecular weight is 195 g/mol. The van der Waals surface area contributed by atoms with Crippen LogP contribution in [0.3, 0.4) is 0 Å². The second kappa shape index (κ2) is 4.83. The lowest BCUT2D eigenvalue weighted by atomic mass is 10.2. The lowest BCUT2D eigenvalue weighted by molar-refractivity contribution is -0.158. The highest BCUT2D eigenvalue weighted by molar-refractivity contribution is 4.83. The maximum atomic E-state index is 11.9. The van der Waals surface area contributed by atoms with E-state index in [-0.39, 0.29) is 12.1 Å². The highest BCUT2D eigenvalue weighted by atomic mass is 19.3. The van der Waals surface area contributed by atoms with E-state index in [2.05, 4.69) is 4.74 Å². The molecule has 0 bridgehead atoms. The number of rotatable bonds is 4. The maximum Gasteiger partial charge on any atom is 0.345 e. The molecule has 0 spiro atoms. The molecule has 0 N–H and O–H groups in total. The summed E-state index contributed by atoms with van der Waals surface area (Å²) in [5.74, 6) is 0. The molecule has 0 aromatic heterocycles. The Bertz CT molecular complexity index is 157. The Morgan fingerprint density at radius 2 is 2.23 bits per heavy atom. The first kappa shape index (κ1) is 10.8. The monoisotopic (exact) mass is 195 g/mol. The number of likely N-dealkylation sites (tertiary alicyclic amines) is 1. The number of hydrogen-bond acceptors (Lipinski definition) is 3. The predicted molar refractivity (Wildman–Crippen MR) is 43.8 cm³/mol. The molecule has 2 atom stereocenters. The smallest absolute Gasteiger partial charge is 0.345 e. The fourth-order valence-corrected chi connectivity index (χ4v) is 1.66. The molecule has 3 nitrogen and oxygen atoms in total. The van der Waals surface area contributed by atoms with Gasteiger partial charge in [-0.3, -0.25) is 4.90 Å². The van der Waals surface area contributed by atoms with Crippen LogP contribution in [-0.4, -0.2) is 51.0 Å². The molecule has 0 saturated carbocycles. The van der Waals surface area contributed by atoms with Crippen LogP contribution < -0.4 is 0 Å². The summed E-state index contributed by atoms with van der Waals surface area (Å²) in [5, 5.41) is 0. The van der Waals surface area contributed by atoms with E-state index in [0.717, 1.165) is 0 Å². The number of halogens is 2. The number of ether oxygens (including phenoxy) is 2. The van der Waals surface area contributed by atoms with Gasteiger partial charge in [-0.1, -0.05) is 0 Å². The van der Waals surface area contributed by atoms with Gasteiger partial charge in [-0.05, 0) is 13.5 Å². The van der Waals surface area contributed by atoms with Crippen LogP contribution in [0.5, 0.6) is 0 Å². The Labute approximate surface area is 76.6 Å². The van der Waals surface area contributed by atoms with Crippen molar-refractivity contribution >= 4 is 0 Å². The highest BCUT2D eigenvalue weighted by Crippen LogP contribution is 2.20. The number of hydrogen-bond donors (Lipinski definition) is 0. The minimum absolute atomic E-state index is 0.203. The van der Waals surface area contributed by atoms with Gasteiger partial charge in [0.05, 0.1) is 12.7 Å². The van der Waals surface area contributed by atoms with E-state index >= 15 is 0 Å². The third-order valence-electron chi connectivity index (χ3n) is 2.30. The molecule has 78 valence electrons. The second-order valence-electron chi connectivity index (χ2n) is 3.30. The van der Waals surface area contributed by atoms with Crippen molar-refractivity contribution in [2.75, 3.05) is 27.3 Å². The second-order valence-corrected chi connectivity index (χ2v) is 3.30. The first-order valence-electron chi connectivity index (χ1n) is 4.26. The van der Waals surface area contributed by atoms with Crippen LogP contribution in [0.1, 0.15) is 6.42 Å². The summed E-state index contributed by atoms with van der Waals surface area (Å²) < 4.78 is 33.1. The van der Waals surface area contributed by atoms with Gasteiger partial charge in [0.25, 0.3) is 0 Å². The summed E-state index contributed by atoms with van der Waals surface area (Å²) in [6.45, 7) is -1.54. The van der Waals surface area contributed by atoms with Crippen molar-refractivity contribution in [2.24, 2.45) is 0 Å². The average Bonchev–Trinajstić information content (AvgIpc) is 2.31. The molecule has 0 radical (unpaired) electrons. The number of nitrogens with zero attached hydrogens (tertiary/aromatic N) is 1. The Hall–Kier alpha value is -0.260. The van der Waals surface area contributed by atoms with Gasteiger partial charge in [0, 0.05) is 19.7 Å². The van der Waals surface area contributed by atoms with E-state index in [9.17, 15) is 8.78 Å². The Balaban J connectivity index is 2.31. The highest BCUT2D eigenvalue weighted by Gasteiger charge is 2.31. The fourth-order valence-electron chi connectivity index (χ4n) is 1.66. The lowest BCUT2D eigenvalue weighted by Crippen LogP contribution is -2.29. The molecular weight excluding hydrogens is 180 g/mol. The van der Waals surface area contributed by atoms with E-state index in [1.165, 1.54) is 0 Å². The number of methoxy groups -OCH3 is 1. The standard InChI is InChI=1S/C8H15F2NO2/c1-11-4-7(13-8(9)10)3-6(11)5-12-2/h6-8H,3-5H2,1-2H3/t6-,7+/m1/s1. The van der Waals surface area contributed by atoms with Crippen molar-refractivity contribution in [1.29, 1.82) is 0 Å². The van der Waals surface area contributed by atoms with Gasteiger partial charge in [0.15, 0.2) is 0 Å². The molecule has 1 heterocycles. The van der Waals surface area contributed by atoms with Gasteiger partial charge < -0.3 is 9.47 Å². The molecule has 0 aromatic rings. The van der Waals surface area contributed by atoms with Crippen LogP contribution in [0.15, 0.2) is 0 Å². The summed E-state index contributed by atoms with van der Waals surface area (Å²) >= 11 is 0. The molecule has 1 rings (SSSR count). The van der Waals surface area contributed by atoms with Crippen LogP contribution in [0.25, 0.3) is 0 Å². The summed E-state index contributed by atoms with van der Waals surface area (Å²) in [7, 11) is 3.49. The summed E-state index contributed by atoms with van der Waals surface area (Å²) in [5.41, 5.74) is 0. The molecule has 1 aliphatic rings. The van der Waals surface area contributed by atoms with Gasteiger partial charge >= 0.3 is 6.61 Å². The van der Waals surface area contributed by atoms with Crippen molar-refractivity contribution in [3.05, 3.63) is 0 Å². The molecule has 5 heteroatoms. The van der Waals surface area contributed by atoms with Crippen molar-refractivity contribution in [3.8, 4) is 0 Å². The normalized spacial score (nSPS) is 30.2. The van der Waals surface area contributed by atoms with E-state index < -0.39 is 6.61 Å². The first-order chi connectivity index (χ1) is 6.13. The van der Waals surface area contributed by atoms with Crippen LogP contribution >= 0.6 is 0 Å². The van der Waals surface area contributed by atoms with Gasteiger partial charge in [-0.25, -0.2) is 0 Å². The van der Waals surface area contributed by atoms with Crippen LogP contribution in [-0.2, 0) is 9.47 Å². The van der Waals surface area contributed by atoms with Crippen LogP contribution in [0.2, 0.25) is 0 Å². The molecule has 0 unspecified atom stereocenters. The largest absolute Gasteiger partial charge is 0.383 e. The molecule has 0 aromatic carbocycles. The summed E-state index contributed by atoms with van der Waals surface area (Å²) in [4.78, 5) is 1.98. The minimum Gasteiger partial charge on any atom is -0.383 e. The third-order valence-corrected chi connectivity index (χ3v) is 2.30. The Morgan fingerprint density at radius 1 is 1.54 bits per heavy atom. The van der Waals surface area contributed by atoms with Crippen molar-refractivity contribution in [1.82, 2.24) is 4.90 Å². The van der Waals surface area contributed by atoms with Gasteiger partial charge in [0.1, 0.15) is 0 Å². The van der Waals surface area contributed by atoms with Crippen molar-refractivity contribution in [3.63, 3.8) is 0 Å². The van der Waals surface area contributed by atoms with Crippen LogP contribution in [0, 0.1) is 0 Å². The lowest BCUT2D eigenvalue weighted by Gasteiger charge is -2.16. The zero-order chi connectivity index (χ0) is 9.84. The van der Waals surface area contributed by atoms with Crippen LogP contribution in [0.4, 0.5) is 8.78 Å². The molecule has 1 fully saturated rings. The quantitative estimate of drug-likeness (QED) is 0.666. The van der Waals surface area contributed by atoms with Gasteiger partial charge in [-0.15, -0.1) is 0 Å². The fraction of sp³-hybridized carbons (Fsp3) is 1.00. The number of alkyl halides is 2. The van der Waals surface area contributed by atoms with Crippen molar-refractivity contribution in [2.45, 2.75) is 25.2 Å². The summed E-state index contributed by atoms with van der Waals surface area (Å²) in [6.07, 6.45) is 0.263. The van der Waals surface area contributed by atoms with Gasteiger partial charge in [-0.2, -0.15) is 8.78 Å². The molecule has 0 amide bonds. The summed E-state index contributed by atoms with van der Waals surface area (Å²) in [6, 6.07) is 0.203. The maximum absolute atomic E-state index is 11.9. The van der Waals surface area contributed by atoms with E-state index in [0.29, 0.717) is 19.6 Å². The van der Waals surface area contributed by atoms with E-state index in [1.54, 1.807) is 7.11 Å². The Kier molecular flexibility index (Phi) is 4.02. The zero-order valence-electron chi connectivity index (χ0n) is 7.87. The topological polar surface area (TPSA) is 21.7 Å². The molecule has 1 saturated heterocycles. The zero-order valence-corrected chi connectivity index (χ0v) is 7.87. The van der Waals surface area contributed by atoms with Gasteiger partial charge in [0.2, 0.25) is 0 Å². The third kappa shape index (κ3) is 3.17. The van der Waals surface area contributed by atoms with E-state index in [4.69, 9.17) is 4.74 Å². The van der Waals surface area contributed by atoms with Crippen molar-refractivity contribution < 1.29 is 18.3 Å². The predicted octanol–water partition coefficient (Wildman–Crippen LogP) is 0.945. The molecule has 0 aliphatic carbocycles. The molecule has 1 aliphatic heterocycles. The van der Waals surface area contributed by atoms with E-state index in [1.807, 2.05) is 11.9 Å². The Morgan fingerprint density at radius 3 is 2.77 bits per heavy atom. The SMILES string of the molecule is COC[C@H]1C[C@H](OC(F)F)CN1C. The molecular formula is C8H15F2NO2. The minimum atomic E-state index is -2.67. The molecule has 13 heavy (non-hydrogen) atoms. The first-order valence-corrected chi connectivity index (χ1v) is 4.26.